The van der Waals surface area contributed by atoms with Gasteiger partial charge in [0.05, 0.1) is 18.5 Å². The van der Waals surface area contributed by atoms with E-state index in [9.17, 15) is 32.3 Å². The second-order valence-electron chi connectivity index (χ2n) is 8.34. The first kappa shape index (κ1) is 26.8. The van der Waals surface area contributed by atoms with E-state index >= 15 is 0 Å². The van der Waals surface area contributed by atoms with Crippen LogP contribution in [0.1, 0.15) is 36.2 Å². The Bertz CT molecular complexity index is 1070. The molecule has 2 aliphatic heterocycles. The number of piperidine rings is 1. The molecule has 3 atom stereocenters. The van der Waals surface area contributed by atoms with Crippen molar-refractivity contribution in [3.8, 4) is 11.6 Å². The van der Waals surface area contributed by atoms with Gasteiger partial charge < -0.3 is 25.1 Å². The van der Waals surface area contributed by atoms with Crippen molar-refractivity contribution in [3.63, 3.8) is 0 Å². The molecule has 3 N–H and O–H groups in total. The Labute approximate surface area is 203 Å². The molecule has 0 bridgehead atoms. The molecule has 2 aromatic rings. The number of amides is 2. The Kier molecular flexibility index (Phi) is 8.02. The highest BCUT2D eigenvalue weighted by atomic mass is 35.5. The van der Waals surface area contributed by atoms with Gasteiger partial charge in [0.2, 0.25) is 11.8 Å². The summed E-state index contributed by atoms with van der Waals surface area (Å²) < 4.78 is 59.8. The highest BCUT2D eigenvalue weighted by Crippen LogP contribution is 2.35. The summed E-state index contributed by atoms with van der Waals surface area (Å²) in [6, 6.07) is 2.04. The Morgan fingerprint density at radius 2 is 2.06 bits per heavy atom. The van der Waals surface area contributed by atoms with Gasteiger partial charge >= 0.3 is 6.18 Å². The number of aliphatic hydroxyl groups is 1. The summed E-state index contributed by atoms with van der Waals surface area (Å²) in [4.78, 5) is 34.9. The minimum Gasteiger partial charge on any atom is -0.461 e. The summed E-state index contributed by atoms with van der Waals surface area (Å²) in [5.74, 6) is -1.09. The predicted octanol–water partition coefficient (Wildman–Crippen LogP) is 2.06. The molecular formula is C21H24ClF4N5O4. The molecule has 1 saturated heterocycles. The summed E-state index contributed by atoms with van der Waals surface area (Å²) in [5.41, 5.74) is 4.90. The van der Waals surface area contributed by atoms with E-state index in [-0.39, 0.29) is 80.6 Å². The van der Waals surface area contributed by atoms with E-state index in [0.29, 0.717) is 0 Å². The number of rotatable bonds is 5. The Hall–Kier alpha value is -2.77. The van der Waals surface area contributed by atoms with Gasteiger partial charge in [-0.2, -0.15) is 13.2 Å². The lowest BCUT2D eigenvalue weighted by Gasteiger charge is -2.36. The van der Waals surface area contributed by atoms with Crippen LogP contribution in [0.15, 0.2) is 22.8 Å². The lowest BCUT2D eigenvalue weighted by atomic mass is 10.0. The van der Waals surface area contributed by atoms with Crippen molar-refractivity contribution in [2.24, 2.45) is 5.73 Å². The molecule has 1 fully saturated rings. The molecule has 192 valence electrons. The third kappa shape index (κ3) is 5.73. The van der Waals surface area contributed by atoms with Crippen LogP contribution in [0.4, 0.5) is 17.6 Å². The van der Waals surface area contributed by atoms with Gasteiger partial charge in [0.1, 0.15) is 6.17 Å². The van der Waals surface area contributed by atoms with E-state index in [2.05, 4.69) is 9.97 Å². The number of likely N-dealkylation sites (tertiary alicyclic amines) is 1. The Morgan fingerprint density at radius 1 is 1.31 bits per heavy atom. The second-order valence-corrected chi connectivity index (χ2v) is 8.34. The summed E-state index contributed by atoms with van der Waals surface area (Å²) in [7, 11) is 0. The molecule has 9 nitrogen and oxygen atoms in total. The van der Waals surface area contributed by atoms with Crippen molar-refractivity contribution >= 4 is 24.2 Å². The fraction of sp³-hybridized carbons (Fsp3) is 0.524. The third-order valence-corrected chi connectivity index (χ3v) is 5.89. The van der Waals surface area contributed by atoms with Crippen molar-refractivity contribution in [3.05, 3.63) is 35.3 Å². The largest absolute Gasteiger partial charge is 0.461 e. The van der Waals surface area contributed by atoms with E-state index < -0.39 is 42.1 Å². The lowest BCUT2D eigenvalue weighted by molar-refractivity contribution is -0.155. The van der Waals surface area contributed by atoms with Crippen LogP contribution in [0.25, 0.3) is 11.6 Å². The maximum Gasteiger partial charge on any atom is 0.433 e. The van der Waals surface area contributed by atoms with E-state index in [0.717, 1.165) is 4.90 Å². The summed E-state index contributed by atoms with van der Waals surface area (Å²) in [6.07, 6.45) is -7.13. The Balaban J connectivity index is 0.00000342. The van der Waals surface area contributed by atoms with Crippen molar-refractivity contribution in [1.29, 1.82) is 0 Å². The quantitative estimate of drug-likeness (QED) is 0.577. The second kappa shape index (κ2) is 10.5. The zero-order chi connectivity index (χ0) is 24.6. The first-order valence-corrected chi connectivity index (χ1v) is 10.7. The highest BCUT2D eigenvalue weighted by molar-refractivity contribution is 5.85. The number of alkyl halides is 4. The fourth-order valence-corrected chi connectivity index (χ4v) is 4.17. The molecule has 35 heavy (non-hydrogen) atoms. The first-order chi connectivity index (χ1) is 16.0. The molecule has 0 saturated carbocycles. The van der Waals surface area contributed by atoms with Crippen molar-refractivity contribution in [2.45, 2.75) is 56.8 Å². The average molecular weight is 522 g/mol. The van der Waals surface area contributed by atoms with Gasteiger partial charge in [-0.15, -0.1) is 12.4 Å². The Morgan fingerprint density at radius 3 is 2.71 bits per heavy atom. The number of fused-ring (bicyclic) bond motifs is 1. The van der Waals surface area contributed by atoms with E-state index in [1.165, 1.54) is 23.3 Å². The minimum absolute atomic E-state index is 0. The number of carbonyl (C=O) groups is 2. The number of halogens is 5. The van der Waals surface area contributed by atoms with Gasteiger partial charge in [-0.3, -0.25) is 9.59 Å². The highest BCUT2D eigenvalue weighted by Gasteiger charge is 2.40. The maximum atomic E-state index is 13.7. The molecule has 4 rings (SSSR count). The number of furan rings is 1. The number of hydrogen-bond donors (Lipinski definition) is 2. The molecule has 0 aromatic carbocycles. The molecule has 14 heteroatoms. The van der Waals surface area contributed by atoms with Gasteiger partial charge in [0.25, 0.3) is 0 Å². The number of hydrogen-bond acceptors (Lipinski definition) is 7. The molecule has 0 spiro atoms. The molecule has 2 unspecified atom stereocenters. The summed E-state index contributed by atoms with van der Waals surface area (Å²) in [5, 5.41) is 9.91. The van der Waals surface area contributed by atoms with Gasteiger partial charge in [-0.1, -0.05) is 0 Å². The molecule has 2 aliphatic rings. The first-order valence-electron chi connectivity index (χ1n) is 10.7. The van der Waals surface area contributed by atoms with Crippen LogP contribution in [0, 0.1) is 0 Å². The standard InChI is InChI=1S/C21H23F4N5O4.ClH/c22-13-3-4-16(31)30(20(13)33)9-11(26)8-17(32)29-6-5-12-14(10-29)27-19(15-2-1-7-34-15)28-18(12)21(23,24)25;/h1-2,7,11,13,20,33H,3-6,8-10,26H2;1H/t11-,13?,20?;/m0./s1. The predicted molar refractivity (Wildman–Crippen MR) is 116 cm³/mol. The normalized spacial score (nSPS) is 21.4. The van der Waals surface area contributed by atoms with E-state index in [1.807, 2.05) is 0 Å². The van der Waals surface area contributed by atoms with E-state index in [4.69, 9.17) is 10.2 Å². The van der Waals surface area contributed by atoms with Crippen LogP contribution in [-0.2, 0) is 28.7 Å². The molecule has 2 amide bonds. The molecule has 0 aliphatic carbocycles. The van der Waals surface area contributed by atoms with Crippen molar-refractivity contribution in [1.82, 2.24) is 19.8 Å². The third-order valence-electron chi connectivity index (χ3n) is 5.89. The molecule has 0 radical (unpaired) electrons. The lowest BCUT2D eigenvalue weighted by Crippen LogP contribution is -2.54. The zero-order valence-corrected chi connectivity index (χ0v) is 19.2. The van der Waals surface area contributed by atoms with Crippen LogP contribution >= 0.6 is 12.4 Å². The van der Waals surface area contributed by atoms with Crippen molar-refractivity contribution in [2.75, 3.05) is 13.1 Å². The van der Waals surface area contributed by atoms with Crippen LogP contribution in [0.5, 0.6) is 0 Å². The van der Waals surface area contributed by atoms with Crippen LogP contribution in [0.2, 0.25) is 0 Å². The topological polar surface area (TPSA) is 126 Å². The number of aliphatic hydroxyl groups excluding tert-OH is 1. The van der Waals surface area contributed by atoms with Gasteiger partial charge in [-0.05, 0) is 25.0 Å². The minimum atomic E-state index is -4.71. The fourth-order valence-electron chi connectivity index (χ4n) is 4.17. The van der Waals surface area contributed by atoms with Crippen LogP contribution in [0.3, 0.4) is 0 Å². The number of carbonyl (C=O) groups excluding carboxylic acids is 2. The average Bonchev–Trinajstić information content (AvgIpc) is 3.32. The number of nitrogens with zero attached hydrogens (tertiary/aromatic N) is 4. The summed E-state index contributed by atoms with van der Waals surface area (Å²) >= 11 is 0. The van der Waals surface area contributed by atoms with E-state index in [1.54, 1.807) is 0 Å². The number of aromatic nitrogens is 2. The SMILES string of the molecule is Cl.N[C@@H](CC(=O)N1CCc2c(nc(-c3ccco3)nc2C(F)(F)F)C1)CN1C(=O)CCC(F)C1O. The molecular weight excluding hydrogens is 498 g/mol. The zero-order valence-electron chi connectivity index (χ0n) is 18.4. The van der Waals surface area contributed by atoms with Gasteiger partial charge in [0.15, 0.2) is 23.5 Å². The van der Waals surface area contributed by atoms with Gasteiger partial charge in [0, 0.05) is 37.5 Å². The molecule has 2 aromatic heterocycles. The van der Waals surface area contributed by atoms with Crippen molar-refractivity contribution < 1.29 is 36.7 Å². The number of nitrogens with two attached hydrogens (primary N) is 1. The molecule has 4 heterocycles. The van der Waals surface area contributed by atoms with Crippen LogP contribution < -0.4 is 5.73 Å². The maximum absolute atomic E-state index is 13.7. The van der Waals surface area contributed by atoms with Crippen LogP contribution in [-0.4, -0.2) is 68.2 Å². The monoisotopic (exact) mass is 521 g/mol. The smallest absolute Gasteiger partial charge is 0.433 e. The van der Waals surface area contributed by atoms with Gasteiger partial charge in [-0.25, -0.2) is 14.4 Å². The summed E-state index contributed by atoms with van der Waals surface area (Å²) in [6.45, 7) is -0.402.